The van der Waals surface area contributed by atoms with Gasteiger partial charge in [0.2, 0.25) is 5.91 Å². The zero-order valence-corrected chi connectivity index (χ0v) is 10.6. The highest BCUT2D eigenvalue weighted by molar-refractivity contribution is 6.43. The molecule has 18 heavy (non-hydrogen) atoms. The largest absolute Gasteiger partial charge is 0.366 e. The fourth-order valence-corrected chi connectivity index (χ4v) is 1.82. The third-order valence-corrected chi connectivity index (χ3v) is 2.83. The van der Waals surface area contributed by atoms with Gasteiger partial charge in [-0.1, -0.05) is 12.1 Å². The van der Waals surface area contributed by atoms with Crippen LogP contribution in [-0.2, 0) is 0 Å². The number of hydrogen-bond acceptors (Lipinski definition) is 2. The number of carbonyl (C=O) groups is 2. The van der Waals surface area contributed by atoms with E-state index >= 15 is 0 Å². The van der Waals surface area contributed by atoms with Crippen LogP contribution in [0.5, 0.6) is 0 Å². The summed E-state index contributed by atoms with van der Waals surface area (Å²) >= 11 is 10.7. The number of rotatable bonds is 2. The zero-order chi connectivity index (χ0) is 13.3. The van der Waals surface area contributed by atoms with Crippen molar-refractivity contribution < 1.29 is 9.59 Å². The molecule has 0 saturated heterocycles. The molecule has 6 heteroatoms. The Labute approximate surface area is 113 Å². The van der Waals surface area contributed by atoms with Crippen molar-refractivity contribution in [3.05, 3.63) is 47.5 Å². The highest BCUT2D eigenvalue weighted by Gasteiger charge is 2.12. The lowest BCUT2D eigenvalue weighted by atomic mass is 10.0. The van der Waals surface area contributed by atoms with Gasteiger partial charge >= 0.3 is 0 Å². The molecule has 2 aromatic carbocycles. The first-order chi connectivity index (χ1) is 8.49. The molecule has 2 N–H and O–H groups in total. The summed E-state index contributed by atoms with van der Waals surface area (Å²) in [5.41, 5.74) is 5.96. The predicted molar refractivity (Wildman–Crippen MR) is 70.3 cm³/mol. The Morgan fingerprint density at radius 2 is 1.44 bits per heavy atom. The first kappa shape index (κ1) is 12.7. The van der Waals surface area contributed by atoms with Crippen molar-refractivity contribution in [1.29, 1.82) is 0 Å². The molecule has 2 rings (SSSR count). The summed E-state index contributed by atoms with van der Waals surface area (Å²) in [6.45, 7) is 0. The molecule has 0 heterocycles. The van der Waals surface area contributed by atoms with Gasteiger partial charge in [0.05, 0.1) is 0 Å². The van der Waals surface area contributed by atoms with Gasteiger partial charge in [-0.2, -0.15) is 3.94 Å². The van der Waals surface area contributed by atoms with Crippen LogP contribution in [0.15, 0.2) is 36.4 Å². The molecule has 0 aliphatic rings. The van der Waals surface area contributed by atoms with Crippen molar-refractivity contribution in [2.24, 2.45) is 5.73 Å². The van der Waals surface area contributed by atoms with Crippen LogP contribution in [0.4, 0.5) is 0 Å². The molecular weight excluding hydrogens is 275 g/mol. The van der Waals surface area contributed by atoms with Crippen LogP contribution in [0.3, 0.4) is 0 Å². The number of fused-ring (bicyclic) bond motifs is 1. The maximum Gasteiger partial charge on any atom is 0.283 e. The van der Waals surface area contributed by atoms with Crippen LogP contribution in [0.2, 0.25) is 0 Å². The van der Waals surface area contributed by atoms with E-state index in [-0.39, 0.29) is 0 Å². The van der Waals surface area contributed by atoms with Gasteiger partial charge in [0, 0.05) is 34.7 Å². The van der Waals surface area contributed by atoms with E-state index in [0.29, 0.717) is 15.1 Å². The number of benzene rings is 2. The monoisotopic (exact) mass is 282 g/mol. The summed E-state index contributed by atoms with van der Waals surface area (Å²) in [7, 11) is 0. The van der Waals surface area contributed by atoms with Gasteiger partial charge in [-0.05, 0) is 35.0 Å². The van der Waals surface area contributed by atoms with Crippen LogP contribution in [-0.4, -0.2) is 15.8 Å². The van der Waals surface area contributed by atoms with Crippen LogP contribution in [0.25, 0.3) is 10.8 Å². The van der Waals surface area contributed by atoms with Crippen LogP contribution >= 0.6 is 23.6 Å². The number of nitrogens with two attached hydrogens (primary N) is 1. The molecule has 0 radical (unpaired) electrons. The Balaban J connectivity index is 2.51. The lowest BCUT2D eigenvalue weighted by Gasteiger charge is -2.06. The summed E-state index contributed by atoms with van der Waals surface area (Å²) in [5.74, 6) is -1.01. The Kier molecular flexibility index (Phi) is 3.41. The Morgan fingerprint density at radius 3 is 1.94 bits per heavy atom. The van der Waals surface area contributed by atoms with Crippen molar-refractivity contribution in [3.63, 3.8) is 0 Å². The lowest BCUT2D eigenvalue weighted by Crippen LogP contribution is -2.11. The normalized spacial score (nSPS) is 10.3. The number of primary amides is 1. The molecule has 2 amide bonds. The summed E-state index contributed by atoms with van der Waals surface area (Å²) in [6.07, 6.45) is 0. The Bertz CT molecular complexity index is 641. The molecule has 0 unspecified atom stereocenters. The first-order valence-electron chi connectivity index (χ1n) is 4.98. The van der Waals surface area contributed by atoms with Gasteiger partial charge in [0.15, 0.2) is 0 Å². The van der Waals surface area contributed by atoms with E-state index in [1.165, 1.54) is 0 Å². The second-order valence-corrected chi connectivity index (χ2v) is 4.53. The fraction of sp³-hybridized carbons (Fsp3) is 0. The standard InChI is InChI=1S/C12H8Cl2N2O2/c13-16(14)12(18)10-4-2-7-5-9(11(15)17)3-1-8(7)6-10/h1-6H,(H2,15,17). The SMILES string of the molecule is NC(=O)c1ccc2cc(C(=O)N(Cl)Cl)ccc2c1. The molecule has 0 aromatic heterocycles. The predicted octanol–water partition coefficient (Wildman–Crippen LogP) is 2.69. The second-order valence-electron chi connectivity index (χ2n) is 3.68. The lowest BCUT2D eigenvalue weighted by molar-refractivity contribution is 0.0923. The van der Waals surface area contributed by atoms with Crippen LogP contribution in [0.1, 0.15) is 20.7 Å². The Morgan fingerprint density at radius 1 is 0.944 bits per heavy atom. The van der Waals surface area contributed by atoms with Gasteiger partial charge in [-0.3, -0.25) is 9.59 Å². The van der Waals surface area contributed by atoms with Crippen LogP contribution < -0.4 is 5.73 Å². The minimum atomic E-state index is -0.515. The highest BCUT2D eigenvalue weighted by atomic mass is 35.5. The molecule has 0 saturated carbocycles. The maximum atomic E-state index is 11.6. The van der Waals surface area contributed by atoms with Gasteiger partial charge in [0.25, 0.3) is 5.91 Å². The van der Waals surface area contributed by atoms with E-state index in [1.807, 2.05) is 0 Å². The molecule has 4 nitrogen and oxygen atoms in total. The van der Waals surface area contributed by atoms with E-state index in [1.54, 1.807) is 36.4 Å². The second kappa shape index (κ2) is 4.84. The highest BCUT2D eigenvalue weighted by Crippen LogP contribution is 2.19. The topological polar surface area (TPSA) is 63.4 Å². The molecule has 0 spiro atoms. The third kappa shape index (κ3) is 2.39. The van der Waals surface area contributed by atoms with Gasteiger partial charge < -0.3 is 5.73 Å². The quantitative estimate of drug-likeness (QED) is 0.861. The molecule has 0 aliphatic heterocycles. The van der Waals surface area contributed by atoms with E-state index < -0.39 is 11.8 Å². The summed E-state index contributed by atoms with van der Waals surface area (Å²) in [4.78, 5) is 22.6. The number of amides is 2. The number of halogens is 2. The summed E-state index contributed by atoms with van der Waals surface area (Å²) in [5, 5.41) is 1.60. The zero-order valence-electron chi connectivity index (χ0n) is 9.06. The molecule has 0 aliphatic carbocycles. The average molecular weight is 283 g/mol. The number of nitrogens with zero attached hydrogens (tertiary/aromatic N) is 1. The van der Waals surface area contributed by atoms with Gasteiger partial charge in [-0.25, -0.2) is 0 Å². The van der Waals surface area contributed by atoms with Crippen molar-refractivity contribution in [2.45, 2.75) is 0 Å². The third-order valence-electron chi connectivity index (χ3n) is 2.53. The fourth-order valence-electron chi connectivity index (χ4n) is 1.63. The van der Waals surface area contributed by atoms with Crippen molar-refractivity contribution in [2.75, 3.05) is 0 Å². The molecule has 0 bridgehead atoms. The van der Waals surface area contributed by atoms with Crippen molar-refractivity contribution in [1.82, 2.24) is 3.94 Å². The maximum absolute atomic E-state index is 11.6. The van der Waals surface area contributed by atoms with E-state index in [2.05, 4.69) is 0 Å². The first-order valence-corrected chi connectivity index (χ1v) is 5.66. The summed E-state index contributed by atoms with van der Waals surface area (Å²) in [6, 6.07) is 9.88. The van der Waals surface area contributed by atoms with E-state index in [9.17, 15) is 9.59 Å². The van der Waals surface area contributed by atoms with Gasteiger partial charge in [-0.15, -0.1) is 0 Å². The Hall–Kier alpha value is -1.78. The van der Waals surface area contributed by atoms with Crippen molar-refractivity contribution in [3.8, 4) is 0 Å². The molecule has 92 valence electrons. The van der Waals surface area contributed by atoms with E-state index in [4.69, 9.17) is 29.3 Å². The summed E-state index contributed by atoms with van der Waals surface area (Å²) < 4.78 is 0.471. The molecule has 0 fully saturated rings. The number of hydrogen-bond donors (Lipinski definition) is 1. The minimum absolute atomic E-state index is 0.360. The van der Waals surface area contributed by atoms with Gasteiger partial charge in [0.1, 0.15) is 0 Å². The minimum Gasteiger partial charge on any atom is -0.366 e. The smallest absolute Gasteiger partial charge is 0.283 e. The van der Waals surface area contributed by atoms with Crippen molar-refractivity contribution >= 4 is 46.1 Å². The average Bonchev–Trinajstić information content (AvgIpc) is 2.36. The molecule has 0 atom stereocenters. The number of carbonyl (C=O) groups excluding carboxylic acids is 2. The van der Waals surface area contributed by atoms with Crippen LogP contribution in [0, 0.1) is 0 Å². The van der Waals surface area contributed by atoms with E-state index in [0.717, 1.165) is 10.8 Å². The molecule has 2 aromatic rings. The molecular formula is C12H8Cl2N2O2.